The Morgan fingerprint density at radius 2 is 1.60 bits per heavy atom. The molecule has 102 valence electrons. The Bertz CT molecular complexity index is 671. The molecule has 0 saturated carbocycles. The van der Waals surface area contributed by atoms with Gasteiger partial charge in [-0.25, -0.2) is 0 Å². The van der Waals surface area contributed by atoms with Crippen molar-refractivity contribution in [2.24, 2.45) is 0 Å². The summed E-state index contributed by atoms with van der Waals surface area (Å²) < 4.78 is 11.0. The fourth-order valence-corrected chi connectivity index (χ4v) is 2.62. The van der Waals surface area contributed by atoms with Gasteiger partial charge in [-0.1, -0.05) is 15.9 Å². The van der Waals surface area contributed by atoms with E-state index in [1.54, 1.807) is 24.3 Å². The summed E-state index contributed by atoms with van der Waals surface area (Å²) in [6.45, 7) is 0. The van der Waals surface area contributed by atoms with Gasteiger partial charge in [0.05, 0.1) is 25.1 Å². The molecule has 0 aliphatic rings. The molecule has 20 heavy (non-hydrogen) atoms. The molecule has 5 heteroatoms. The van der Waals surface area contributed by atoms with Crippen LogP contribution in [0.5, 0.6) is 0 Å². The lowest BCUT2D eigenvalue weighted by Crippen LogP contribution is -2.29. The molecule has 3 rings (SSSR count). The molecule has 2 aromatic heterocycles. The number of hydrogen-bond donors (Lipinski definition) is 2. The Kier molecular flexibility index (Phi) is 3.16. The minimum Gasteiger partial charge on any atom is -0.472 e. The molecule has 0 fully saturated rings. The molecule has 0 aliphatic carbocycles. The summed E-state index contributed by atoms with van der Waals surface area (Å²) in [5.74, 6) is 0. The lowest BCUT2D eigenvalue weighted by molar-refractivity contribution is 0.125. The van der Waals surface area contributed by atoms with Crippen molar-refractivity contribution in [2.45, 2.75) is 5.60 Å². The summed E-state index contributed by atoms with van der Waals surface area (Å²) >= 11 is 3.40. The maximum Gasteiger partial charge on any atom is 0.148 e. The van der Waals surface area contributed by atoms with Gasteiger partial charge >= 0.3 is 0 Å². The van der Waals surface area contributed by atoms with Crippen LogP contribution in [0.1, 0.15) is 16.7 Å². The summed E-state index contributed by atoms with van der Waals surface area (Å²) in [6, 6.07) is 8.75. The van der Waals surface area contributed by atoms with Gasteiger partial charge in [0.2, 0.25) is 0 Å². The fourth-order valence-electron chi connectivity index (χ4n) is 2.26. The predicted molar refractivity (Wildman–Crippen MR) is 78.1 cm³/mol. The van der Waals surface area contributed by atoms with E-state index in [4.69, 9.17) is 14.6 Å². The van der Waals surface area contributed by atoms with Crippen molar-refractivity contribution in [3.63, 3.8) is 0 Å². The van der Waals surface area contributed by atoms with E-state index in [9.17, 15) is 5.11 Å². The fraction of sp³-hybridized carbons (Fsp3) is 0.0667. The first-order valence-electron chi connectivity index (χ1n) is 5.95. The van der Waals surface area contributed by atoms with Crippen LogP contribution in [0.2, 0.25) is 0 Å². The van der Waals surface area contributed by atoms with Gasteiger partial charge < -0.3 is 19.7 Å². The van der Waals surface area contributed by atoms with Gasteiger partial charge in [0.1, 0.15) is 5.60 Å². The Morgan fingerprint density at radius 1 is 1.00 bits per heavy atom. The lowest BCUT2D eigenvalue weighted by atomic mass is 9.82. The maximum absolute atomic E-state index is 11.3. The molecular weight excluding hydrogens is 322 g/mol. The first-order chi connectivity index (χ1) is 9.62. The molecular formula is C15H12BrNO3. The van der Waals surface area contributed by atoms with E-state index in [1.165, 1.54) is 25.1 Å². The zero-order valence-corrected chi connectivity index (χ0v) is 12.0. The summed E-state index contributed by atoms with van der Waals surface area (Å²) in [5, 5.41) is 11.3. The van der Waals surface area contributed by atoms with E-state index >= 15 is 0 Å². The van der Waals surface area contributed by atoms with Crippen LogP contribution in [0.3, 0.4) is 0 Å². The van der Waals surface area contributed by atoms with Gasteiger partial charge in [0.25, 0.3) is 0 Å². The van der Waals surface area contributed by atoms with E-state index in [2.05, 4.69) is 15.9 Å². The number of hydrogen-bond acceptors (Lipinski definition) is 4. The van der Waals surface area contributed by atoms with Gasteiger partial charge in [0.15, 0.2) is 0 Å². The van der Waals surface area contributed by atoms with E-state index in [0.29, 0.717) is 22.4 Å². The molecule has 0 radical (unpaired) electrons. The predicted octanol–water partition coefficient (Wildman–Crippen LogP) is 3.50. The molecule has 0 amide bonds. The van der Waals surface area contributed by atoms with Crippen LogP contribution in [-0.2, 0) is 5.60 Å². The molecule has 3 N–H and O–H groups in total. The van der Waals surface area contributed by atoms with Gasteiger partial charge in [-0.05, 0) is 30.3 Å². The Hall–Kier alpha value is -1.98. The Morgan fingerprint density at radius 3 is 2.10 bits per heavy atom. The third-order valence-corrected chi connectivity index (χ3v) is 3.78. The van der Waals surface area contributed by atoms with E-state index < -0.39 is 5.60 Å². The first-order valence-corrected chi connectivity index (χ1v) is 6.75. The van der Waals surface area contributed by atoms with Gasteiger partial charge in [-0.3, -0.25) is 0 Å². The second-order valence-electron chi connectivity index (χ2n) is 4.47. The number of benzene rings is 1. The van der Waals surface area contributed by atoms with Crippen LogP contribution in [0, 0.1) is 0 Å². The highest BCUT2D eigenvalue weighted by molar-refractivity contribution is 9.10. The van der Waals surface area contributed by atoms with Crippen LogP contribution in [0.4, 0.5) is 5.69 Å². The summed E-state index contributed by atoms with van der Waals surface area (Å²) in [6.07, 6.45) is 6.00. The minimum absolute atomic E-state index is 0.484. The minimum atomic E-state index is -1.42. The van der Waals surface area contributed by atoms with E-state index in [1.807, 2.05) is 6.07 Å². The quantitative estimate of drug-likeness (QED) is 0.719. The summed E-state index contributed by atoms with van der Waals surface area (Å²) in [7, 11) is 0. The van der Waals surface area contributed by atoms with Crippen LogP contribution in [0.15, 0.2) is 68.7 Å². The normalized spacial score (nSPS) is 11.7. The molecule has 0 bridgehead atoms. The molecule has 0 unspecified atom stereocenters. The average Bonchev–Trinajstić information content (AvgIpc) is 3.13. The Labute approximate surface area is 124 Å². The zero-order valence-electron chi connectivity index (χ0n) is 10.4. The highest BCUT2D eigenvalue weighted by Gasteiger charge is 2.37. The number of halogens is 1. The number of nitrogens with two attached hydrogens (primary N) is 1. The monoisotopic (exact) mass is 333 g/mol. The van der Waals surface area contributed by atoms with Gasteiger partial charge in [-0.15, -0.1) is 0 Å². The molecule has 1 aromatic carbocycles. The second kappa shape index (κ2) is 4.85. The first kappa shape index (κ1) is 13.0. The Balaban J connectivity index is 2.29. The molecule has 0 spiro atoms. The van der Waals surface area contributed by atoms with Crippen molar-refractivity contribution in [2.75, 3.05) is 5.73 Å². The third kappa shape index (κ3) is 1.95. The molecule has 0 atom stereocenters. The summed E-state index contributed by atoms with van der Waals surface area (Å²) in [4.78, 5) is 0. The SMILES string of the molecule is Nc1ccc(Br)cc1C(O)(c1ccoc1)c1ccoc1. The van der Waals surface area contributed by atoms with E-state index in [0.717, 1.165) is 4.47 Å². The lowest BCUT2D eigenvalue weighted by Gasteiger charge is -2.28. The van der Waals surface area contributed by atoms with Gasteiger partial charge in [-0.2, -0.15) is 0 Å². The van der Waals surface area contributed by atoms with Crippen LogP contribution < -0.4 is 5.73 Å². The topological polar surface area (TPSA) is 72.5 Å². The number of aliphatic hydroxyl groups is 1. The second-order valence-corrected chi connectivity index (χ2v) is 5.38. The number of anilines is 1. The van der Waals surface area contributed by atoms with Crippen molar-refractivity contribution in [3.05, 3.63) is 76.5 Å². The molecule has 4 nitrogen and oxygen atoms in total. The van der Waals surface area contributed by atoms with E-state index in [-0.39, 0.29) is 0 Å². The highest BCUT2D eigenvalue weighted by atomic mass is 79.9. The van der Waals surface area contributed by atoms with Crippen molar-refractivity contribution in [1.82, 2.24) is 0 Å². The number of rotatable bonds is 3. The molecule has 0 aliphatic heterocycles. The largest absolute Gasteiger partial charge is 0.472 e. The molecule has 2 heterocycles. The van der Waals surface area contributed by atoms with Gasteiger partial charge in [0, 0.05) is 26.9 Å². The highest BCUT2D eigenvalue weighted by Crippen LogP contribution is 2.40. The summed E-state index contributed by atoms with van der Waals surface area (Å²) in [5.41, 5.74) is 6.85. The van der Waals surface area contributed by atoms with Crippen LogP contribution in [-0.4, -0.2) is 5.11 Å². The van der Waals surface area contributed by atoms with Crippen LogP contribution in [0.25, 0.3) is 0 Å². The van der Waals surface area contributed by atoms with Crippen LogP contribution >= 0.6 is 15.9 Å². The molecule has 0 saturated heterocycles. The maximum atomic E-state index is 11.3. The van der Waals surface area contributed by atoms with Crippen molar-refractivity contribution in [1.29, 1.82) is 0 Å². The van der Waals surface area contributed by atoms with Crippen molar-refractivity contribution >= 4 is 21.6 Å². The van der Waals surface area contributed by atoms with Crippen molar-refractivity contribution in [3.8, 4) is 0 Å². The smallest absolute Gasteiger partial charge is 0.148 e. The number of nitrogen functional groups attached to an aromatic ring is 1. The third-order valence-electron chi connectivity index (χ3n) is 3.28. The average molecular weight is 334 g/mol. The standard InChI is InChI=1S/C15H12BrNO3/c16-12-1-2-14(17)13(7-12)15(18,10-3-5-19-8-10)11-4-6-20-9-11/h1-9,18H,17H2. The zero-order chi connectivity index (χ0) is 14.2. The van der Waals surface area contributed by atoms with Crippen molar-refractivity contribution < 1.29 is 13.9 Å². The number of furan rings is 2. The molecule has 3 aromatic rings.